The lowest BCUT2D eigenvalue weighted by atomic mass is 10.1. The summed E-state index contributed by atoms with van der Waals surface area (Å²) in [5.41, 5.74) is 1.36. The molecule has 0 spiro atoms. The quantitative estimate of drug-likeness (QED) is 0.856. The number of carbonyl (C=O) groups excluding carboxylic acids is 1. The van der Waals surface area contributed by atoms with Crippen molar-refractivity contribution in [1.82, 2.24) is 9.80 Å². The number of aryl methyl sites for hydroxylation is 1. The normalized spacial score (nSPS) is 10.7. The van der Waals surface area contributed by atoms with Gasteiger partial charge in [-0.2, -0.15) is 0 Å². The fraction of sp³-hybridized carbons (Fsp3) is 0.429. The Labute approximate surface area is 127 Å². The SMILES string of the molecule is Cc1ccc(Br)cc1C(=O)N(CCN(C)C)CC(=O)O. The second-order valence-electron chi connectivity index (χ2n) is 4.88. The van der Waals surface area contributed by atoms with Gasteiger partial charge < -0.3 is 14.9 Å². The van der Waals surface area contributed by atoms with Crippen molar-refractivity contribution in [2.45, 2.75) is 6.92 Å². The third kappa shape index (κ3) is 4.94. The predicted molar refractivity (Wildman–Crippen MR) is 81.0 cm³/mol. The lowest BCUT2D eigenvalue weighted by molar-refractivity contribution is -0.137. The minimum Gasteiger partial charge on any atom is -0.480 e. The van der Waals surface area contributed by atoms with Gasteiger partial charge in [0.1, 0.15) is 6.54 Å². The van der Waals surface area contributed by atoms with Gasteiger partial charge in [-0.05, 0) is 38.7 Å². The Morgan fingerprint density at radius 3 is 2.45 bits per heavy atom. The van der Waals surface area contributed by atoms with Gasteiger partial charge >= 0.3 is 5.97 Å². The number of amides is 1. The average molecular weight is 343 g/mol. The smallest absolute Gasteiger partial charge is 0.323 e. The van der Waals surface area contributed by atoms with Crippen molar-refractivity contribution in [2.24, 2.45) is 0 Å². The van der Waals surface area contributed by atoms with E-state index in [1.807, 2.05) is 38.1 Å². The Bertz CT molecular complexity index is 503. The number of carboxylic acid groups (broad SMARTS) is 1. The van der Waals surface area contributed by atoms with Crippen LogP contribution < -0.4 is 0 Å². The highest BCUT2D eigenvalue weighted by Gasteiger charge is 2.20. The first-order valence-electron chi connectivity index (χ1n) is 6.23. The molecule has 1 aromatic rings. The van der Waals surface area contributed by atoms with Crippen LogP contribution in [0.15, 0.2) is 22.7 Å². The summed E-state index contributed by atoms with van der Waals surface area (Å²) in [6.07, 6.45) is 0. The molecule has 1 aromatic carbocycles. The van der Waals surface area contributed by atoms with Crippen LogP contribution in [0.25, 0.3) is 0 Å². The van der Waals surface area contributed by atoms with E-state index in [4.69, 9.17) is 5.11 Å². The summed E-state index contributed by atoms with van der Waals surface area (Å²) in [6.45, 7) is 2.54. The van der Waals surface area contributed by atoms with Crippen LogP contribution in [0.5, 0.6) is 0 Å². The van der Waals surface area contributed by atoms with Crippen LogP contribution in [-0.4, -0.2) is 60.5 Å². The first kappa shape index (κ1) is 16.7. The van der Waals surface area contributed by atoms with E-state index >= 15 is 0 Å². The van der Waals surface area contributed by atoms with Gasteiger partial charge in [0.15, 0.2) is 0 Å². The Kier molecular flexibility index (Phi) is 6.16. The van der Waals surface area contributed by atoms with Crippen LogP contribution in [0.2, 0.25) is 0 Å². The van der Waals surface area contributed by atoms with Crippen LogP contribution in [0, 0.1) is 6.92 Å². The number of carbonyl (C=O) groups is 2. The summed E-state index contributed by atoms with van der Waals surface area (Å²) in [7, 11) is 3.77. The van der Waals surface area contributed by atoms with Gasteiger partial charge in [0.05, 0.1) is 0 Å². The van der Waals surface area contributed by atoms with E-state index in [0.29, 0.717) is 18.7 Å². The number of rotatable bonds is 6. The second-order valence-corrected chi connectivity index (χ2v) is 5.80. The minimum atomic E-state index is -1.01. The zero-order valence-electron chi connectivity index (χ0n) is 11.9. The second kappa shape index (κ2) is 7.40. The first-order valence-corrected chi connectivity index (χ1v) is 7.02. The molecule has 0 aromatic heterocycles. The number of nitrogens with zero attached hydrogens (tertiary/aromatic N) is 2. The van der Waals surface area contributed by atoms with Crippen LogP contribution in [0.4, 0.5) is 0 Å². The number of halogens is 1. The molecule has 1 N–H and O–H groups in total. The van der Waals surface area contributed by atoms with Crippen molar-refractivity contribution >= 4 is 27.8 Å². The molecule has 0 radical (unpaired) electrons. The van der Waals surface area contributed by atoms with E-state index in [0.717, 1.165) is 10.0 Å². The highest BCUT2D eigenvalue weighted by molar-refractivity contribution is 9.10. The number of carboxylic acids is 1. The third-order valence-electron chi connectivity index (χ3n) is 2.86. The monoisotopic (exact) mass is 342 g/mol. The number of benzene rings is 1. The van der Waals surface area contributed by atoms with Gasteiger partial charge in [-0.15, -0.1) is 0 Å². The van der Waals surface area contributed by atoms with E-state index in [9.17, 15) is 9.59 Å². The van der Waals surface area contributed by atoms with E-state index in [1.165, 1.54) is 4.90 Å². The van der Waals surface area contributed by atoms with Crippen molar-refractivity contribution in [2.75, 3.05) is 33.7 Å². The molecule has 0 saturated carbocycles. The zero-order chi connectivity index (χ0) is 15.3. The van der Waals surface area contributed by atoms with E-state index < -0.39 is 5.97 Å². The lowest BCUT2D eigenvalue weighted by Gasteiger charge is -2.23. The van der Waals surface area contributed by atoms with Crippen molar-refractivity contribution in [3.05, 3.63) is 33.8 Å². The summed E-state index contributed by atoms with van der Waals surface area (Å²) in [5, 5.41) is 8.95. The Hall–Kier alpha value is -1.40. The Morgan fingerprint density at radius 2 is 1.90 bits per heavy atom. The Balaban J connectivity index is 2.96. The predicted octanol–water partition coefficient (Wildman–Crippen LogP) is 1.85. The molecule has 1 rings (SSSR count). The molecule has 1 amide bonds. The topological polar surface area (TPSA) is 60.9 Å². The van der Waals surface area contributed by atoms with Crippen molar-refractivity contribution in [3.8, 4) is 0 Å². The average Bonchev–Trinajstić information content (AvgIpc) is 2.36. The lowest BCUT2D eigenvalue weighted by Crippen LogP contribution is -2.40. The van der Waals surface area contributed by atoms with Crippen LogP contribution in [-0.2, 0) is 4.79 Å². The van der Waals surface area contributed by atoms with Gasteiger partial charge in [-0.1, -0.05) is 22.0 Å². The molecule has 0 aliphatic heterocycles. The van der Waals surface area contributed by atoms with Crippen molar-refractivity contribution in [3.63, 3.8) is 0 Å². The molecule has 0 saturated heterocycles. The highest BCUT2D eigenvalue weighted by atomic mass is 79.9. The maximum atomic E-state index is 12.5. The van der Waals surface area contributed by atoms with Gasteiger partial charge in [0.25, 0.3) is 5.91 Å². The van der Waals surface area contributed by atoms with Crippen molar-refractivity contribution < 1.29 is 14.7 Å². The molecule has 110 valence electrons. The number of likely N-dealkylation sites (N-methyl/N-ethyl adjacent to an activating group) is 1. The first-order chi connectivity index (χ1) is 9.31. The summed E-state index contributed by atoms with van der Waals surface area (Å²) < 4.78 is 0.800. The number of hydrogen-bond acceptors (Lipinski definition) is 3. The van der Waals surface area contributed by atoms with E-state index in [1.54, 1.807) is 6.07 Å². The highest BCUT2D eigenvalue weighted by Crippen LogP contribution is 2.17. The summed E-state index contributed by atoms with van der Waals surface area (Å²) in [5.74, 6) is -1.27. The molecule has 20 heavy (non-hydrogen) atoms. The van der Waals surface area contributed by atoms with Gasteiger partial charge in [0, 0.05) is 23.1 Å². The van der Waals surface area contributed by atoms with Gasteiger partial charge in [-0.25, -0.2) is 0 Å². The summed E-state index contributed by atoms with van der Waals surface area (Å²) in [6, 6.07) is 5.41. The molecule has 5 nitrogen and oxygen atoms in total. The molecule has 0 fully saturated rings. The fourth-order valence-electron chi connectivity index (χ4n) is 1.73. The minimum absolute atomic E-state index is 0.256. The molecule has 0 bridgehead atoms. The molecule has 0 aliphatic rings. The zero-order valence-corrected chi connectivity index (χ0v) is 13.5. The molecular weight excluding hydrogens is 324 g/mol. The van der Waals surface area contributed by atoms with E-state index in [2.05, 4.69) is 15.9 Å². The number of aliphatic carboxylic acids is 1. The van der Waals surface area contributed by atoms with Crippen LogP contribution in [0.3, 0.4) is 0 Å². The number of hydrogen-bond donors (Lipinski definition) is 1. The van der Waals surface area contributed by atoms with E-state index in [-0.39, 0.29) is 12.5 Å². The maximum Gasteiger partial charge on any atom is 0.323 e. The van der Waals surface area contributed by atoms with Gasteiger partial charge in [0.2, 0.25) is 0 Å². The molecule has 0 unspecified atom stereocenters. The largest absolute Gasteiger partial charge is 0.480 e. The molecule has 0 heterocycles. The van der Waals surface area contributed by atoms with Crippen LogP contribution in [0.1, 0.15) is 15.9 Å². The molecule has 0 atom stereocenters. The molecule has 0 aliphatic carbocycles. The summed E-state index contributed by atoms with van der Waals surface area (Å²) in [4.78, 5) is 26.7. The van der Waals surface area contributed by atoms with Gasteiger partial charge in [-0.3, -0.25) is 9.59 Å². The molecule has 6 heteroatoms. The maximum absolute atomic E-state index is 12.5. The summed E-state index contributed by atoms with van der Waals surface area (Å²) >= 11 is 3.33. The Morgan fingerprint density at radius 1 is 1.25 bits per heavy atom. The van der Waals surface area contributed by atoms with Crippen molar-refractivity contribution in [1.29, 1.82) is 0 Å². The standard InChI is InChI=1S/C14H19BrN2O3/c1-10-4-5-11(15)8-12(10)14(20)17(9-13(18)19)7-6-16(2)3/h4-5,8H,6-7,9H2,1-3H3,(H,18,19). The molecular formula is C14H19BrN2O3. The third-order valence-corrected chi connectivity index (χ3v) is 3.35. The fourth-order valence-corrected chi connectivity index (χ4v) is 2.09. The van der Waals surface area contributed by atoms with Crippen LogP contribution >= 0.6 is 15.9 Å².